The molecule has 0 unspecified atom stereocenters. The van der Waals surface area contributed by atoms with Gasteiger partial charge in [-0.25, -0.2) is 0 Å². The van der Waals surface area contributed by atoms with E-state index in [1.807, 2.05) is 24.3 Å². The summed E-state index contributed by atoms with van der Waals surface area (Å²) in [6, 6.07) is 14.3. The van der Waals surface area contributed by atoms with Crippen LogP contribution in [0, 0.1) is 0 Å². The largest absolute Gasteiger partial charge is 0.486 e. The van der Waals surface area contributed by atoms with E-state index in [4.69, 9.17) is 25.8 Å². The molecule has 1 N–H and O–H groups in total. The van der Waals surface area contributed by atoms with Crippen LogP contribution in [0.25, 0.3) is 0 Å². The van der Waals surface area contributed by atoms with Crippen LogP contribution in [0.5, 0.6) is 11.5 Å². The fourth-order valence-electron chi connectivity index (χ4n) is 3.84. The summed E-state index contributed by atoms with van der Waals surface area (Å²) in [5.41, 5.74) is 2.54. The van der Waals surface area contributed by atoms with Crippen molar-refractivity contribution >= 4 is 11.6 Å². The molecule has 26 heavy (non-hydrogen) atoms. The Bertz CT molecular complexity index is 741. The predicted molar refractivity (Wildman–Crippen MR) is 102 cm³/mol. The zero-order valence-electron chi connectivity index (χ0n) is 14.8. The first-order chi connectivity index (χ1) is 12.8. The Labute approximate surface area is 159 Å². The summed E-state index contributed by atoms with van der Waals surface area (Å²) in [6.07, 6.45) is 2.02. The van der Waals surface area contributed by atoms with Gasteiger partial charge in [-0.1, -0.05) is 35.9 Å². The summed E-state index contributed by atoms with van der Waals surface area (Å²) in [6.45, 7) is 4.45. The molecule has 1 fully saturated rings. The van der Waals surface area contributed by atoms with E-state index in [0.29, 0.717) is 13.2 Å². The maximum Gasteiger partial charge on any atom is 0.165 e. The Morgan fingerprint density at radius 1 is 0.923 bits per heavy atom. The van der Waals surface area contributed by atoms with Crippen molar-refractivity contribution in [2.24, 2.45) is 0 Å². The third-order valence-electron chi connectivity index (χ3n) is 5.33. The fourth-order valence-corrected chi connectivity index (χ4v) is 3.97. The Morgan fingerprint density at radius 2 is 1.69 bits per heavy atom. The topological polar surface area (TPSA) is 39.7 Å². The van der Waals surface area contributed by atoms with E-state index in [1.165, 1.54) is 5.56 Å². The van der Waals surface area contributed by atoms with Gasteiger partial charge in [-0.3, -0.25) is 0 Å². The number of benzene rings is 2. The minimum absolute atomic E-state index is 0.0784. The first-order valence-corrected chi connectivity index (χ1v) is 9.57. The average molecular weight is 374 g/mol. The molecule has 0 aromatic heterocycles. The third kappa shape index (κ3) is 3.68. The summed E-state index contributed by atoms with van der Waals surface area (Å²) in [5, 5.41) is 4.43. The minimum atomic E-state index is 0.0784. The van der Waals surface area contributed by atoms with E-state index in [-0.39, 0.29) is 5.41 Å². The molecule has 2 aromatic carbocycles. The molecule has 0 bridgehead atoms. The van der Waals surface area contributed by atoms with Crippen molar-refractivity contribution in [1.82, 2.24) is 5.32 Å². The zero-order chi connectivity index (χ0) is 17.8. The van der Waals surface area contributed by atoms with E-state index >= 15 is 0 Å². The molecule has 0 atom stereocenters. The third-order valence-corrected chi connectivity index (χ3v) is 5.59. The van der Waals surface area contributed by atoms with Gasteiger partial charge in [-0.15, -0.1) is 0 Å². The van der Waals surface area contributed by atoms with Gasteiger partial charge in [0.15, 0.2) is 11.5 Å². The monoisotopic (exact) mass is 373 g/mol. The lowest BCUT2D eigenvalue weighted by atomic mass is 9.74. The molecule has 0 radical (unpaired) electrons. The van der Waals surface area contributed by atoms with E-state index in [0.717, 1.165) is 61.2 Å². The van der Waals surface area contributed by atoms with Gasteiger partial charge in [0, 0.05) is 42.3 Å². The first kappa shape index (κ1) is 17.7. The second kappa shape index (κ2) is 7.87. The predicted octanol–water partition coefficient (Wildman–Crippen LogP) is 3.95. The van der Waals surface area contributed by atoms with Gasteiger partial charge < -0.3 is 19.5 Å². The van der Waals surface area contributed by atoms with Gasteiger partial charge in [0.25, 0.3) is 0 Å². The molecule has 138 valence electrons. The summed E-state index contributed by atoms with van der Waals surface area (Å²) in [4.78, 5) is 0. The van der Waals surface area contributed by atoms with Crippen LogP contribution in [-0.2, 0) is 16.7 Å². The molecule has 2 aromatic rings. The van der Waals surface area contributed by atoms with Crippen LogP contribution in [0.3, 0.4) is 0 Å². The molecule has 2 heterocycles. The molecule has 2 aliphatic rings. The Hall–Kier alpha value is -1.75. The number of ether oxygens (including phenoxy) is 3. The van der Waals surface area contributed by atoms with Gasteiger partial charge in [-0.05, 0) is 36.6 Å². The zero-order valence-corrected chi connectivity index (χ0v) is 15.6. The van der Waals surface area contributed by atoms with E-state index in [9.17, 15) is 0 Å². The number of rotatable bonds is 5. The number of fused-ring (bicyclic) bond motifs is 1. The van der Waals surface area contributed by atoms with Gasteiger partial charge in [0.2, 0.25) is 0 Å². The second-order valence-corrected chi connectivity index (χ2v) is 7.38. The van der Waals surface area contributed by atoms with Crippen molar-refractivity contribution in [2.75, 3.05) is 33.0 Å². The summed E-state index contributed by atoms with van der Waals surface area (Å²) >= 11 is 6.08. The van der Waals surface area contributed by atoms with Crippen LogP contribution < -0.4 is 14.8 Å². The normalized spacial score (nSPS) is 18.5. The highest BCUT2D eigenvalue weighted by Gasteiger charge is 2.34. The highest BCUT2D eigenvalue weighted by Crippen LogP contribution is 2.36. The van der Waals surface area contributed by atoms with Crippen LogP contribution in [0.2, 0.25) is 5.02 Å². The van der Waals surface area contributed by atoms with Crippen LogP contribution in [0.1, 0.15) is 24.0 Å². The van der Waals surface area contributed by atoms with E-state index < -0.39 is 0 Å². The SMILES string of the molecule is Clc1ccc(C2(CNCc3cccc4c3OCCO4)CCOCC2)cc1. The molecule has 4 rings (SSSR count). The van der Waals surface area contributed by atoms with Crippen molar-refractivity contribution in [1.29, 1.82) is 0 Å². The van der Waals surface area contributed by atoms with E-state index in [1.54, 1.807) is 0 Å². The summed E-state index contributed by atoms with van der Waals surface area (Å²) < 4.78 is 17.1. The highest BCUT2D eigenvalue weighted by molar-refractivity contribution is 6.30. The average Bonchev–Trinajstić information content (AvgIpc) is 2.69. The van der Waals surface area contributed by atoms with Crippen molar-refractivity contribution in [3.05, 3.63) is 58.6 Å². The molecule has 0 amide bonds. The number of halogens is 1. The maximum atomic E-state index is 6.08. The lowest BCUT2D eigenvalue weighted by Crippen LogP contribution is -2.42. The Balaban J connectivity index is 1.48. The molecule has 4 nitrogen and oxygen atoms in total. The van der Waals surface area contributed by atoms with Crippen LogP contribution in [0.4, 0.5) is 0 Å². The highest BCUT2D eigenvalue weighted by atomic mass is 35.5. The summed E-state index contributed by atoms with van der Waals surface area (Å²) in [5.74, 6) is 1.72. The standard InChI is InChI=1S/C21H24ClNO3/c22-18-6-4-17(5-7-18)21(8-10-24-11-9-21)15-23-14-16-2-1-3-19-20(16)26-13-12-25-19/h1-7,23H,8-15H2. The molecular formula is C21H24ClNO3. The van der Waals surface area contributed by atoms with Crippen LogP contribution in [-0.4, -0.2) is 33.0 Å². The molecule has 0 spiro atoms. The maximum absolute atomic E-state index is 6.08. The Morgan fingerprint density at radius 3 is 2.50 bits per heavy atom. The van der Waals surface area contributed by atoms with Gasteiger partial charge in [0.05, 0.1) is 0 Å². The van der Waals surface area contributed by atoms with Crippen molar-refractivity contribution in [3.63, 3.8) is 0 Å². The molecule has 2 aliphatic heterocycles. The number of nitrogens with one attached hydrogen (secondary N) is 1. The number of hydrogen-bond acceptors (Lipinski definition) is 4. The lowest BCUT2D eigenvalue weighted by molar-refractivity contribution is 0.0497. The van der Waals surface area contributed by atoms with Crippen LogP contribution in [0.15, 0.2) is 42.5 Å². The summed E-state index contributed by atoms with van der Waals surface area (Å²) in [7, 11) is 0. The van der Waals surface area contributed by atoms with Crippen molar-refractivity contribution in [2.45, 2.75) is 24.8 Å². The second-order valence-electron chi connectivity index (χ2n) is 6.94. The molecule has 5 heteroatoms. The molecule has 1 saturated heterocycles. The molecule has 0 saturated carbocycles. The number of hydrogen-bond donors (Lipinski definition) is 1. The lowest BCUT2D eigenvalue weighted by Gasteiger charge is -2.38. The minimum Gasteiger partial charge on any atom is -0.486 e. The van der Waals surface area contributed by atoms with Crippen LogP contribution >= 0.6 is 11.6 Å². The smallest absolute Gasteiger partial charge is 0.165 e. The van der Waals surface area contributed by atoms with Gasteiger partial charge >= 0.3 is 0 Å². The Kier molecular flexibility index (Phi) is 5.34. The van der Waals surface area contributed by atoms with Crippen molar-refractivity contribution < 1.29 is 14.2 Å². The number of para-hydroxylation sites is 1. The quantitative estimate of drug-likeness (QED) is 0.861. The van der Waals surface area contributed by atoms with E-state index in [2.05, 4.69) is 23.5 Å². The fraction of sp³-hybridized carbons (Fsp3) is 0.429. The molecular weight excluding hydrogens is 350 g/mol. The van der Waals surface area contributed by atoms with Crippen molar-refractivity contribution in [3.8, 4) is 11.5 Å². The first-order valence-electron chi connectivity index (χ1n) is 9.19. The van der Waals surface area contributed by atoms with Gasteiger partial charge in [0.1, 0.15) is 13.2 Å². The van der Waals surface area contributed by atoms with Gasteiger partial charge in [-0.2, -0.15) is 0 Å². The molecule has 0 aliphatic carbocycles.